The molecule has 1 spiro atoms. The van der Waals surface area contributed by atoms with Gasteiger partial charge in [0, 0.05) is 23.0 Å². The van der Waals surface area contributed by atoms with Gasteiger partial charge in [0.25, 0.3) is 0 Å². The lowest BCUT2D eigenvalue weighted by Crippen LogP contribution is -2.66. The molecule has 2 aliphatic carbocycles. The van der Waals surface area contributed by atoms with Crippen LogP contribution in [-0.2, 0) is 6.42 Å². The lowest BCUT2D eigenvalue weighted by atomic mass is 9.43. The lowest BCUT2D eigenvalue weighted by molar-refractivity contribution is -0.210. The Bertz CT molecular complexity index is 844. The quantitative estimate of drug-likeness (QED) is 0.753. The molecule has 5 heteroatoms. The number of aliphatic hydroxyl groups excluding tert-OH is 1. The molecule has 3 aliphatic rings. The summed E-state index contributed by atoms with van der Waals surface area (Å²) in [5.41, 5.74) is 0.0139. The standard InChI is InChI=1S/C23H30O5/c1-13-5-6-18-21(2,3)19(27)7-8-22(18,4)23(13)10-15-17(26)9-14(11-24)16(12-25)20(15)28-23/h9,11-13,18-19,26-27H,5-8,10H2,1-4H3/t13-,18+,19-,22+,23-/m1/s1. The van der Waals surface area contributed by atoms with Gasteiger partial charge in [-0.1, -0.05) is 27.7 Å². The van der Waals surface area contributed by atoms with Crippen molar-refractivity contribution in [1.29, 1.82) is 0 Å². The van der Waals surface area contributed by atoms with Crippen LogP contribution in [0.1, 0.15) is 79.7 Å². The maximum absolute atomic E-state index is 11.8. The number of carbonyl (C=O) groups is 2. The summed E-state index contributed by atoms with van der Waals surface area (Å²) in [7, 11) is 0. The van der Waals surface area contributed by atoms with E-state index in [1.807, 2.05) is 0 Å². The Kier molecular flexibility index (Phi) is 4.20. The van der Waals surface area contributed by atoms with Crippen molar-refractivity contribution in [3.05, 3.63) is 22.8 Å². The molecule has 0 aromatic heterocycles. The van der Waals surface area contributed by atoms with Crippen LogP contribution in [0.25, 0.3) is 0 Å². The molecule has 1 aliphatic heterocycles. The number of fused-ring (bicyclic) bond motifs is 3. The molecule has 0 bridgehead atoms. The number of rotatable bonds is 2. The molecule has 5 atom stereocenters. The van der Waals surface area contributed by atoms with Crippen LogP contribution >= 0.6 is 0 Å². The first-order valence-corrected chi connectivity index (χ1v) is 10.3. The average Bonchev–Trinajstić information content (AvgIpc) is 3.06. The minimum Gasteiger partial charge on any atom is -0.508 e. The van der Waals surface area contributed by atoms with Gasteiger partial charge in [-0.15, -0.1) is 0 Å². The predicted molar refractivity (Wildman–Crippen MR) is 105 cm³/mol. The monoisotopic (exact) mass is 386 g/mol. The van der Waals surface area contributed by atoms with Gasteiger partial charge >= 0.3 is 0 Å². The summed E-state index contributed by atoms with van der Waals surface area (Å²) in [6.07, 6.45) is 4.95. The molecule has 2 N–H and O–H groups in total. The fraction of sp³-hybridized carbons (Fsp3) is 0.652. The van der Waals surface area contributed by atoms with E-state index in [9.17, 15) is 19.8 Å². The second kappa shape index (κ2) is 6.06. The van der Waals surface area contributed by atoms with E-state index in [2.05, 4.69) is 27.7 Å². The molecule has 0 radical (unpaired) electrons. The lowest BCUT2D eigenvalue weighted by Gasteiger charge is -2.64. The number of aldehydes is 2. The van der Waals surface area contributed by atoms with Crippen molar-refractivity contribution in [1.82, 2.24) is 0 Å². The highest BCUT2D eigenvalue weighted by molar-refractivity contribution is 5.95. The molecule has 0 unspecified atom stereocenters. The number of carbonyl (C=O) groups excluding carboxylic acids is 2. The van der Waals surface area contributed by atoms with Crippen LogP contribution in [0.15, 0.2) is 6.07 Å². The molecule has 28 heavy (non-hydrogen) atoms. The van der Waals surface area contributed by atoms with E-state index >= 15 is 0 Å². The van der Waals surface area contributed by atoms with E-state index in [1.165, 1.54) is 6.07 Å². The van der Waals surface area contributed by atoms with Gasteiger partial charge < -0.3 is 14.9 Å². The van der Waals surface area contributed by atoms with E-state index in [1.54, 1.807) is 0 Å². The van der Waals surface area contributed by atoms with E-state index in [0.29, 0.717) is 36.7 Å². The summed E-state index contributed by atoms with van der Waals surface area (Å²) in [6, 6.07) is 1.37. The van der Waals surface area contributed by atoms with Crippen molar-refractivity contribution in [3.63, 3.8) is 0 Å². The van der Waals surface area contributed by atoms with Crippen LogP contribution in [0.5, 0.6) is 11.5 Å². The maximum Gasteiger partial charge on any atom is 0.154 e. The number of benzene rings is 1. The van der Waals surface area contributed by atoms with Crippen LogP contribution in [0.3, 0.4) is 0 Å². The van der Waals surface area contributed by atoms with E-state index in [-0.39, 0.29) is 45.6 Å². The number of ether oxygens (including phenoxy) is 1. The number of aliphatic hydroxyl groups is 1. The van der Waals surface area contributed by atoms with Crippen molar-refractivity contribution in [2.75, 3.05) is 0 Å². The Morgan fingerprint density at radius 3 is 2.50 bits per heavy atom. The van der Waals surface area contributed by atoms with Crippen LogP contribution in [0, 0.1) is 22.7 Å². The molecular formula is C23H30O5. The molecule has 1 aromatic carbocycles. The highest BCUT2D eigenvalue weighted by Gasteiger charge is 2.67. The molecule has 4 rings (SSSR count). The van der Waals surface area contributed by atoms with Crippen molar-refractivity contribution >= 4 is 12.6 Å². The number of phenolic OH excluding ortho intramolecular Hbond substituents is 1. The second-order valence-corrected chi connectivity index (χ2v) is 9.93. The van der Waals surface area contributed by atoms with Crippen LogP contribution in [0.4, 0.5) is 0 Å². The zero-order valence-corrected chi connectivity index (χ0v) is 17.1. The SMILES string of the molecule is C[C@@H]1CC[C@H]2C(C)(C)[C@H](O)CC[C@]2(C)[C@@]12Cc1c(O)cc(C=O)c(C=O)c1O2. The van der Waals surface area contributed by atoms with E-state index in [4.69, 9.17) is 4.74 Å². The van der Waals surface area contributed by atoms with E-state index < -0.39 is 5.60 Å². The molecule has 0 saturated heterocycles. The summed E-state index contributed by atoms with van der Waals surface area (Å²) < 4.78 is 6.66. The zero-order chi connectivity index (χ0) is 20.5. The largest absolute Gasteiger partial charge is 0.508 e. The van der Waals surface area contributed by atoms with Gasteiger partial charge in [-0.2, -0.15) is 0 Å². The summed E-state index contributed by atoms with van der Waals surface area (Å²) in [4.78, 5) is 23.2. The van der Waals surface area contributed by atoms with Crippen LogP contribution < -0.4 is 4.74 Å². The van der Waals surface area contributed by atoms with Gasteiger partial charge in [0.1, 0.15) is 17.1 Å². The third-order valence-corrected chi connectivity index (χ3v) is 8.51. The van der Waals surface area contributed by atoms with Crippen LogP contribution in [-0.4, -0.2) is 34.5 Å². The third kappa shape index (κ3) is 2.23. The van der Waals surface area contributed by atoms with Gasteiger partial charge in [0.05, 0.1) is 11.7 Å². The third-order valence-electron chi connectivity index (χ3n) is 8.51. The smallest absolute Gasteiger partial charge is 0.154 e. The zero-order valence-electron chi connectivity index (χ0n) is 17.1. The molecule has 2 fully saturated rings. The highest BCUT2D eigenvalue weighted by atomic mass is 16.5. The molecule has 2 saturated carbocycles. The summed E-state index contributed by atoms with van der Waals surface area (Å²) in [5, 5.41) is 21.3. The Morgan fingerprint density at radius 2 is 1.86 bits per heavy atom. The number of hydrogen-bond donors (Lipinski definition) is 2. The second-order valence-electron chi connectivity index (χ2n) is 9.93. The first-order chi connectivity index (χ1) is 13.1. The summed E-state index contributed by atoms with van der Waals surface area (Å²) in [5.74, 6) is 0.884. The van der Waals surface area contributed by atoms with Gasteiger partial charge in [-0.25, -0.2) is 0 Å². The minimum atomic E-state index is -0.563. The average molecular weight is 386 g/mol. The van der Waals surface area contributed by atoms with Crippen molar-refractivity contribution in [2.45, 2.75) is 71.5 Å². The fourth-order valence-corrected chi connectivity index (χ4v) is 6.75. The van der Waals surface area contributed by atoms with Crippen molar-refractivity contribution < 1.29 is 24.5 Å². The first kappa shape index (κ1) is 19.4. The summed E-state index contributed by atoms with van der Waals surface area (Å²) >= 11 is 0. The molecule has 5 nitrogen and oxygen atoms in total. The highest BCUT2D eigenvalue weighted by Crippen LogP contribution is 2.66. The van der Waals surface area contributed by atoms with Gasteiger partial charge in [0.15, 0.2) is 12.6 Å². The van der Waals surface area contributed by atoms with E-state index in [0.717, 1.165) is 19.3 Å². The van der Waals surface area contributed by atoms with Gasteiger partial charge in [-0.05, 0) is 49.0 Å². The van der Waals surface area contributed by atoms with Crippen molar-refractivity contribution in [3.8, 4) is 11.5 Å². The maximum atomic E-state index is 11.8. The molecule has 1 aromatic rings. The Labute approximate surface area is 166 Å². The Hall–Kier alpha value is -1.88. The van der Waals surface area contributed by atoms with Crippen molar-refractivity contribution in [2.24, 2.45) is 22.7 Å². The topological polar surface area (TPSA) is 83.8 Å². The van der Waals surface area contributed by atoms with Crippen LogP contribution in [0.2, 0.25) is 0 Å². The summed E-state index contributed by atoms with van der Waals surface area (Å²) in [6.45, 7) is 8.73. The normalized spacial score (nSPS) is 38.4. The molecule has 1 heterocycles. The minimum absolute atomic E-state index is 0.0209. The first-order valence-electron chi connectivity index (χ1n) is 10.3. The Balaban J connectivity index is 1.88. The van der Waals surface area contributed by atoms with Gasteiger partial charge in [0.2, 0.25) is 0 Å². The number of phenols is 1. The van der Waals surface area contributed by atoms with Gasteiger partial charge in [-0.3, -0.25) is 9.59 Å². The fourth-order valence-electron chi connectivity index (χ4n) is 6.75. The number of aromatic hydroxyl groups is 1. The predicted octanol–water partition coefficient (Wildman–Crippen LogP) is 3.92. The Morgan fingerprint density at radius 1 is 1.14 bits per heavy atom. The number of hydrogen-bond acceptors (Lipinski definition) is 5. The molecular weight excluding hydrogens is 356 g/mol. The molecule has 152 valence electrons. The molecule has 0 amide bonds.